The SMILES string of the molecule is CCS(=O)(=O)N1CC(=O)N2[C@H](CO)[C@@H](c3ccc(C#CC4CCCC4)cc3)[C@H]2C1. The first kappa shape index (κ1) is 20.4. The van der Waals surface area contributed by atoms with E-state index in [0.717, 1.165) is 11.1 Å². The van der Waals surface area contributed by atoms with Crippen LogP contribution in [0.4, 0.5) is 0 Å². The number of carbonyl (C=O) groups is 1. The summed E-state index contributed by atoms with van der Waals surface area (Å²) in [6.07, 6.45) is 4.91. The number of benzene rings is 1. The van der Waals surface area contributed by atoms with E-state index in [1.165, 1.54) is 30.0 Å². The van der Waals surface area contributed by atoms with Crippen LogP contribution in [0.1, 0.15) is 49.7 Å². The molecule has 1 N–H and O–H groups in total. The first-order chi connectivity index (χ1) is 13.9. The minimum atomic E-state index is -3.42. The Bertz CT molecular complexity index is 926. The molecule has 0 radical (unpaired) electrons. The van der Waals surface area contributed by atoms with E-state index in [1.807, 2.05) is 24.3 Å². The van der Waals surface area contributed by atoms with Crippen molar-refractivity contribution in [2.24, 2.45) is 5.92 Å². The largest absolute Gasteiger partial charge is 0.394 e. The average molecular weight is 417 g/mol. The third kappa shape index (κ3) is 3.81. The number of aliphatic hydroxyl groups excluding tert-OH is 1. The quantitative estimate of drug-likeness (QED) is 0.756. The molecule has 0 unspecified atom stereocenters. The van der Waals surface area contributed by atoms with Crippen molar-refractivity contribution in [2.45, 2.75) is 50.6 Å². The van der Waals surface area contributed by atoms with Crippen LogP contribution >= 0.6 is 0 Å². The lowest BCUT2D eigenvalue weighted by atomic mass is 9.74. The lowest BCUT2D eigenvalue weighted by Gasteiger charge is -2.58. The topological polar surface area (TPSA) is 77.9 Å². The van der Waals surface area contributed by atoms with Crippen molar-refractivity contribution in [1.29, 1.82) is 0 Å². The van der Waals surface area contributed by atoms with Crippen LogP contribution in [0, 0.1) is 17.8 Å². The monoisotopic (exact) mass is 416 g/mol. The molecule has 0 spiro atoms. The van der Waals surface area contributed by atoms with Gasteiger partial charge in [-0.2, -0.15) is 4.31 Å². The number of rotatable bonds is 4. The van der Waals surface area contributed by atoms with Crippen molar-refractivity contribution in [3.8, 4) is 11.8 Å². The summed E-state index contributed by atoms with van der Waals surface area (Å²) in [6.45, 7) is 1.61. The zero-order valence-corrected chi connectivity index (χ0v) is 17.6. The minimum Gasteiger partial charge on any atom is -0.394 e. The minimum absolute atomic E-state index is 0.0184. The molecule has 4 rings (SSSR count). The zero-order valence-electron chi connectivity index (χ0n) is 16.8. The van der Waals surface area contributed by atoms with Crippen molar-refractivity contribution < 1.29 is 18.3 Å². The normalized spacial score (nSPS) is 27.9. The second-order valence-corrected chi connectivity index (χ2v) is 10.5. The Morgan fingerprint density at radius 2 is 1.86 bits per heavy atom. The number of fused-ring (bicyclic) bond motifs is 1. The molecule has 3 aliphatic rings. The van der Waals surface area contributed by atoms with Gasteiger partial charge in [-0.15, -0.1) is 0 Å². The zero-order chi connectivity index (χ0) is 20.6. The number of aliphatic hydroxyl groups is 1. The number of nitrogens with zero attached hydrogens (tertiary/aromatic N) is 2. The lowest BCUT2D eigenvalue weighted by molar-refractivity contribution is -0.158. The van der Waals surface area contributed by atoms with Gasteiger partial charge in [0.15, 0.2) is 0 Å². The highest BCUT2D eigenvalue weighted by Crippen LogP contribution is 2.43. The molecule has 156 valence electrons. The summed E-state index contributed by atoms with van der Waals surface area (Å²) in [5, 5.41) is 9.86. The molecule has 3 atom stereocenters. The van der Waals surface area contributed by atoms with E-state index in [2.05, 4.69) is 11.8 Å². The summed E-state index contributed by atoms with van der Waals surface area (Å²) in [5.74, 6) is 6.81. The van der Waals surface area contributed by atoms with E-state index >= 15 is 0 Å². The molecule has 3 fully saturated rings. The maximum absolute atomic E-state index is 12.5. The molecule has 0 bridgehead atoms. The lowest BCUT2D eigenvalue weighted by Crippen LogP contribution is -2.73. The molecule has 7 heteroatoms. The predicted octanol–water partition coefficient (Wildman–Crippen LogP) is 1.55. The Kier molecular flexibility index (Phi) is 5.69. The fourth-order valence-corrected chi connectivity index (χ4v) is 5.96. The van der Waals surface area contributed by atoms with Crippen LogP contribution in [0.5, 0.6) is 0 Å². The average Bonchev–Trinajstić information content (AvgIpc) is 3.22. The second-order valence-electron chi connectivity index (χ2n) is 8.21. The summed E-state index contributed by atoms with van der Waals surface area (Å²) in [5.41, 5.74) is 1.98. The van der Waals surface area contributed by atoms with Gasteiger partial charge in [-0.3, -0.25) is 4.79 Å². The molecule has 2 aliphatic heterocycles. The van der Waals surface area contributed by atoms with Crippen LogP contribution in [0.25, 0.3) is 0 Å². The van der Waals surface area contributed by atoms with E-state index in [0.29, 0.717) is 5.92 Å². The van der Waals surface area contributed by atoms with E-state index in [4.69, 9.17) is 0 Å². The molecular weight excluding hydrogens is 388 g/mol. The molecule has 2 heterocycles. The Morgan fingerprint density at radius 1 is 1.17 bits per heavy atom. The van der Waals surface area contributed by atoms with Gasteiger partial charge in [0.2, 0.25) is 15.9 Å². The number of amides is 1. The Balaban J connectivity index is 1.53. The molecule has 1 saturated carbocycles. The molecule has 1 aliphatic carbocycles. The standard InChI is InChI=1S/C22H28N2O4S/c1-2-29(27,28)23-13-19-22(20(15-25)24(19)21(26)14-23)18-11-9-17(10-12-18)8-7-16-5-3-4-6-16/h9-12,16,19-20,22,25H,2-6,13-15H2,1H3/t19-,20-,22+/m1/s1. The molecule has 6 nitrogen and oxygen atoms in total. The highest BCUT2D eigenvalue weighted by molar-refractivity contribution is 7.89. The summed E-state index contributed by atoms with van der Waals surface area (Å²) in [4.78, 5) is 14.2. The van der Waals surface area contributed by atoms with Crippen LogP contribution in [-0.4, -0.2) is 66.2 Å². The molecule has 29 heavy (non-hydrogen) atoms. The van der Waals surface area contributed by atoms with Gasteiger partial charge in [0.05, 0.1) is 31.0 Å². The van der Waals surface area contributed by atoms with Crippen molar-refractivity contribution in [3.63, 3.8) is 0 Å². The fourth-order valence-electron chi connectivity index (χ4n) is 4.91. The molecule has 1 amide bonds. The van der Waals surface area contributed by atoms with E-state index in [1.54, 1.807) is 11.8 Å². The first-order valence-corrected chi connectivity index (χ1v) is 12.1. The van der Waals surface area contributed by atoms with Crippen molar-refractivity contribution >= 4 is 15.9 Å². The molecule has 1 aromatic rings. The van der Waals surface area contributed by atoms with Gasteiger partial charge < -0.3 is 10.0 Å². The third-order valence-electron chi connectivity index (χ3n) is 6.55. The summed E-state index contributed by atoms with van der Waals surface area (Å²) < 4.78 is 25.9. The number of sulfonamides is 1. The Morgan fingerprint density at radius 3 is 2.48 bits per heavy atom. The number of piperazine rings is 1. The maximum atomic E-state index is 12.5. The third-order valence-corrected chi connectivity index (χ3v) is 8.35. The highest BCUT2D eigenvalue weighted by atomic mass is 32.2. The molecule has 2 saturated heterocycles. The van der Waals surface area contributed by atoms with Gasteiger partial charge in [0.1, 0.15) is 0 Å². The van der Waals surface area contributed by atoms with Gasteiger partial charge >= 0.3 is 0 Å². The van der Waals surface area contributed by atoms with E-state index in [9.17, 15) is 18.3 Å². The van der Waals surface area contributed by atoms with Crippen molar-refractivity contribution in [1.82, 2.24) is 9.21 Å². The highest BCUT2D eigenvalue weighted by Gasteiger charge is 2.55. The first-order valence-electron chi connectivity index (χ1n) is 10.5. The van der Waals surface area contributed by atoms with Crippen LogP contribution in [0.3, 0.4) is 0 Å². The van der Waals surface area contributed by atoms with Gasteiger partial charge in [0, 0.05) is 23.9 Å². The van der Waals surface area contributed by atoms with Crippen molar-refractivity contribution in [2.75, 3.05) is 25.4 Å². The van der Waals surface area contributed by atoms with Crippen LogP contribution in [-0.2, 0) is 14.8 Å². The van der Waals surface area contributed by atoms with Gasteiger partial charge in [0.25, 0.3) is 0 Å². The van der Waals surface area contributed by atoms with E-state index in [-0.39, 0.29) is 49.4 Å². The second kappa shape index (κ2) is 8.10. The van der Waals surface area contributed by atoms with Gasteiger partial charge in [-0.25, -0.2) is 8.42 Å². The molecular formula is C22H28N2O4S. The Hall–Kier alpha value is -1.88. The maximum Gasteiger partial charge on any atom is 0.238 e. The summed E-state index contributed by atoms with van der Waals surface area (Å²) in [7, 11) is -3.42. The molecule has 0 aromatic heterocycles. The fraction of sp³-hybridized carbons (Fsp3) is 0.591. The van der Waals surface area contributed by atoms with E-state index < -0.39 is 10.0 Å². The predicted molar refractivity (Wildman–Crippen MR) is 111 cm³/mol. The van der Waals surface area contributed by atoms with Crippen LogP contribution in [0.2, 0.25) is 0 Å². The van der Waals surface area contributed by atoms with Gasteiger partial charge in [-0.05, 0) is 37.5 Å². The van der Waals surface area contributed by atoms with Crippen LogP contribution < -0.4 is 0 Å². The number of hydrogen-bond acceptors (Lipinski definition) is 4. The van der Waals surface area contributed by atoms with Crippen LogP contribution in [0.15, 0.2) is 24.3 Å². The number of carbonyl (C=O) groups excluding carboxylic acids is 1. The number of hydrogen-bond donors (Lipinski definition) is 1. The van der Waals surface area contributed by atoms with Crippen molar-refractivity contribution in [3.05, 3.63) is 35.4 Å². The van der Waals surface area contributed by atoms with Gasteiger partial charge in [-0.1, -0.05) is 36.8 Å². The Labute approximate surface area is 172 Å². The smallest absolute Gasteiger partial charge is 0.238 e. The molecule has 1 aromatic carbocycles. The summed E-state index contributed by atoms with van der Waals surface area (Å²) >= 11 is 0. The summed E-state index contributed by atoms with van der Waals surface area (Å²) in [6, 6.07) is 7.45.